The third-order valence-corrected chi connectivity index (χ3v) is 3.64. The van der Waals surface area contributed by atoms with Crippen LogP contribution in [0.1, 0.15) is 39.2 Å². The molecule has 1 heterocycles. The monoisotopic (exact) mass is 369 g/mol. The molecule has 0 saturated carbocycles. The van der Waals surface area contributed by atoms with E-state index in [2.05, 4.69) is 35.0 Å². The molecule has 1 aromatic heterocycles. The van der Waals surface area contributed by atoms with Gasteiger partial charge in [-0.25, -0.2) is 9.97 Å². The van der Waals surface area contributed by atoms with Gasteiger partial charge in [0.2, 0.25) is 5.91 Å². The first-order chi connectivity index (χ1) is 12.5. The Labute approximate surface area is 161 Å². The maximum atomic E-state index is 11.6. The van der Waals surface area contributed by atoms with Gasteiger partial charge in [-0.2, -0.15) is 0 Å². The first-order valence-corrected chi connectivity index (χ1v) is 9.15. The first kappa shape index (κ1) is 23.3. The van der Waals surface area contributed by atoms with Crippen LogP contribution in [0.5, 0.6) is 0 Å². The smallest absolute Gasteiger partial charge is 0.248 e. The fourth-order valence-corrected chi connectivity index (χ4v) is 2.10. The highest BCUT2D eigenvalue weighted by atomic mass is 32.2. The summed E-state index contributed by atoms with van der Waals surface area (Å²) in [5.41, 5.74) is 1.51. The molecule has 0 aliphatic carbocycles. The van der Waals surface area contributed by atoms with E-state index < -0.39 is 0 Å². The molecule has 0 fully saturated rings. The summed E-state index contributed by atoms with van der Waals surface area (Å²) in [5, 5.41) is 4.59. The van der Waals surface area contributed by atoms with E-state index in [9.17, 15) is 4.79 Å². The van der Waals surface area contributed by atoms with Crippen molar-refractivity contribution in [2.24, 2.45) is 0 Å². The zero-order valence-corrected chi connectivity index (χ0v) is 16.8. The molecule has 1 amide bonds. The summed E-state index contributed by atoms with van der Waals surface area (Å²) in [6.45, 7) is 18.9. The van der Waals surface area contributed by atoms with Crippen LogP contribution in [0.4, 0.5) is 5.82 Å². The molecule has 0 aliphatic heterocycles. The number of nitrogens with zero attached hydrogens (tertiary/aromatic N) is 2. The number of aromatic nitrogens is 2. The van der Waals surface area contributed by atoms with Crippen LogP contribution < -0.4 is 5.32 Å². The number of rotatable bonds is 8. The number of carbonyl (C=O) groups is 1. The summed E-state index contributed by atoms with van der Waals surface area (Å²) in [7, 11) is 0. The van der Waals surface area contributed by atoms with Crippen molar-refractivity contribution in [1.29, 1.82) is 0 Å². The maximum Gasteiger partial charge on any atom is 0.248 e. The minimum atomic E-state index is -0.328. The molecule has 1 N–H and O–H groups in total. The van der Waals surface area contributed by atoms with Crippen LogP contribution in [0.15, 0.2) is 67.7 Å². The van der Waals surface area contributed by atoms with Gasteiger partial charge >= 0.3 is 0 Å². The van der Waals surface area contributed by atoms with E-state index in [-0.39, 0.29) is 5.91 Å². The van der Waals surface area contributed by atoms with Gasteiger partial charge in [0.15, 0.2) is 5.82 Å². The molecule has 5 heteroatoms. The van der Waals surface area contributed by atoms with Gasteiger partial charge in [0.1, 0.15) is 5.82 Å². The molecule has 0 bridgehead atoms. The Morgan fingerprint density at radius 2 is 1.92 bits per heavy atom. The number of hydrogen-bond donors (Lipinski definition) is 1. The zero-order chi connectivity index (χ0) is 19.9. The minimum Gasteiger partial charge on any atom is -0.307 e. The van der Waals surface area contributed by atoms with Crippen molar-refractivity contribution in [3.05, 3.63) is 79.2 Å². The normalized spacial score (nSPS) is 11.0. The lowest BCUT2D eigenvalue weighted by Crippen LogP contribution is -2.11. The summed E-state index contributed by atoms with van der Waals surface area (Å²) in [5.74, 6) is 0.593. The minimum absolute atomic E-state index is 0.328. The molecule has 0 radical (unpaired) electrons. The van der Waals surface area contributed by atoms with Crippen LogP contribution in [0.2, 0.25) is 0 Å². The molecule has 26 heavy (non-hydrogen) atoms. The Balaban J connectivity index is 0.00000301. The Hall–Kier alpha value is -2.66. The van der Waals surface area contributed by atoms with E-state index >= 15 is 0 Å². The van der Waals surface area contributed by atoms with Crippen molar-refractivity contribution < 1.29 is 4.79 Å². The third-order valence-electron chi connectivity index (χ3n) is 2.74. The van der Waals surface area contributed by atoms with Gasteiger partial charge < -0.3 is 5.32 Å². The molecule has 4 nitrogen and oxygen atoms in total. The van der Waals surface area contributed by atoms with Crippen LogP contribution in [0.3, 0.4) is 0 Å². The Kier molecular flexibility index (Phi) is 12.2. The quantitative estimate of drug-likeness (QED) is 0.450. The van der Waals surface area contributed by atoms with E-state index in [0.717, 1.165) is 10.5 Å². The fourth-order valence-electron chi connectivity index (χ4n) is 1.57. The molecule has 0 saturated heterocycles. The van der Waals surface area contributed by atoms with Gasteiger partial charge in [0, 0.05) is 11.0 Å². The highest BCUT2D eigenvalue weighted by Gasteiger charge is 2.10. The summed E-state index contributed by atoms with van der Waals surface area (Å²) in [4.78, 5) is 21.2. The van der Waals surface area contributed by atoms with E-state index in [4.69, 9.17) is 0 Å². The molecule has 1 aromatic rings. The number of anilines is 1. The van der Waals surface area contributed by atoms with Crippen LogP contribution in [-0.2, 0) is 4.79 Å². The van der Waals surface area contributed by atoms with Gasteiger partial charge in [-0.3, -0.25) is 4.79 Å². The Morgan fingerprint density at radius 3 is 2.50 bits per heavy atom. The van der Waals surface area contributed by atoms with E-state index in [1.807, 2.05) is 57.4 Å². The largest absolute Gasteiger partial charge is 0.307 e. The lowest BCUT2D eigenvalue weighted by Gasteiger charge is -2.09. The van der Waals surface area contributed by atoms with Crippen molar-refractivity contribution in [1.82, 2.24) is 9.97 Å². The van der Waals surface area contributed by atoms with Gasteiger partial charge in [0.05, 0.1) is 5.69 Å². The summed E-state index contributed by atoms with van der Waals surface area (Å²) in [6.07, 6.45) is 10.3. The van der Waals surface area contributed by atoms with Crippen LogP contribution in [-0.4, -0.2) is 15.9 Å². The van der Waals surface area contributed by atoms with Crippen molar-refractivity contribution in [2.45, 2.75) is 27.7 Å². The number of amides is 1. The summed E-state index contributed by atoms with van der Waals surface area (Å²) in [6, 6.07) is 1.69. The van der Waals surface area contributed by atoms with Crippen molar-refractivity contribution in [3.8, 4) is 0 Å². The highest BCUT2D eigenvalue weighted by Crippen LogP contribution is 2.27. The van der Waals surface area contributed by atoms with Crippen molar-refractivity contribution in [3.63, 3.8) is 0 Å². The zero-order valence-electron chi connectivity index (χ0n) is 16.0. The molecular weight excluding hydrogens is 342 g/mol. The summed E-state index contributed by atoms with van der Waals surface area (Å²) >= 11 is 1.46. The average molecular weight is 370 g/mol. The predicted molar refractivity (Wildman–Crippen MR) is 117 cm³/mol. The molecule has 0 aliphatic rings. The first-order valence-electron chi connectivity index (χ1n) is 8.27. The van der Waals surface area contributed by atoms with E-state index in [1.165, 1.54) is 17.8 Å². The van der Waals surface area contributed by atoms with Gasteiger partial charge in [-0.15, -0.1) is 0 Å². The second-order valence-electron chi connectivity index (χ2n) is 4.64. The maximum absolute atomic E-state index is 11.6. The van der Waals surface area contributed by atoms with Crippen molar-refractivity contribution >= 4 is 34.0 Å². The number of carbonyl (C=O) groups excluding carboxylic acids is 1. The fraction of sp³-hybridized carbons (Fsp3) is 0.190. The third kappa shape index (κ3) is 8.44. The van der Waals surface area contributed by atoms with E-state index in [1.54, 1.807) is 12.1 Å². The predicted octanol–water partition coefficient (Wildman–Crippen LogP) is 6.01. The summed E-state index contributed by atoms with van der Waals surface area (Å²) < 4.78 is 0. The number of allylic oxidation sites excluding steroid dienone is 6. The molecule has 1 rings (SSSR count). The standard InChI is InChI=1S/C19H21N3OS.C2H6/c1-6-9-10-11-14(4)19-20-16(15(5)24-12-7-2)13-17(22-19)21-18(23)8-3;1-2/h6-13H,1,3,5H2,2,4H3,(H,20,21,22,23);1-2H3/b10-9-,12-7-,14-11+;. The Bertz CT molecular complexity index is 731. The molecule has 0 spiro atoms. The Morgan fingerprint density at radius 1 is 1.23 bits per heavy atom. The van der Waals surface area contributed by atoms with Crippen LogP contribution in [0, 0.1) is 0 Å². The second kappa shape index (κ2) is 13.6. The lowest BCUT2D eigenvalue weighted by atomic mass is 10.2. The van der Waals surface area contributed by atoms with Gasteiger partial charge in [0.25, 0.3) is 0 Å². The van der Waals surface area contributed by atoms with Crippen molar-refractivity contribution in [2.75, 3.05) is 5.32 Å². The number of thioether (sulfide) groups is 1. The molecule has 138 valence electrons. The highest BCUT2D eigenvalue weighted by molar-refractivity contribution is 8.10. The molecule has 0 aromatic carbocycles. The second-order valence-corrected chi connectivity index (χ2v) is 5.64. The average Bonchev–Trinajstić information content (AvgIpc) is 2.67. The van der Waals surface area contributed by atoms with Crippen LogP contribution in [0.25, 0.3) is 10.5 Å². The van der Waals surface area contributed by atoms with Gasteiger partial charge in [-0.1, -0.05) is 75.7 Å². The van der Waals surface area contributed by atoms with Gasteiger partial charge in [-0.05, 0) is 30.9 Å². The van der Waals surface area contributed by atoms with Crippen LogP contribution >= 0.6 is 11.8 Å². The topological polar surface area (TPSA) is 54.9 Å². The molecular formula is C21H27N3OS. The number of nitrogens with one attached hydrogen (secondary N) is 1. The molecule has 0 unspecified atom stereocenters. The number of hydrogen-bond acceptors (Lipinski definition) is 4. The lowest BCUT2D eigenvalue weighted by molar-refractivity contribution is -0.111. The molecule has 0 atom stereocenters. The van der Waals surface area contributed by atoms with E-state index in [0.29, 0.717) is 17.3 Å². The SMILES string of the molecule is C=C/C=C\C=C(/C)c1nc(NC(=O)C=C)cc(C(=C)S/C=C\C)n1.CC.